The molecule has 0 spiro atoms. The Hall–Kier alpha value is -0.930. The maximum absolute atomic E-state index is 5.86. The lowest BCUT2D eigenvalue weighted by Crippen LogP contribution is -2.23. The summed E-state index contributed by atoms with van der Waals surface area (Å²) in [5, 5.41) is 0. The van der Waals surface area contributed by atoms with Crippen molar-refractivity contribution < 1.29 is 4.74 Å². The third-order valence-electron chi connectivity index (χ3n) is 2.15. The fourth-order valence-electron chi connectivity index (χ4n) is 1.49. The van der Waals surface area contributed by atoms with Crippen LogP contribution in [0.5, 0.6) is 0 Å². The molecule has 1 saturated heterocycles. The fourth-order valence-corrected chi connectivity index (χ4v) is 1.49. The predicted molar refractivity (Wildman–Crippen MR) is 45.5 cm³/mol. The maximum atomic E-state index is 5.86. The van der Waals surface area contributed by atoms with Gasteiger partial charge in [-0.25, -0.2) is 0 Å². The summed E-state index contributed by atoms with van der Waals surface area (Å²) in [4.78, 5) is 4.03. The molecule has 3 heteroatoms. The highest BCUT2D eigenvalue weighted by Gasteiger charge is 2.26. The van der Waals surface area contributed by atoms with Gasteiger partial charge in [0.2, 0.25) is 0 Å². The van der Waals surface area contributed by atoms with Crippen molar-refractivity contribution in [3.05, 3.63) is 30.1 Å². The Kier molecular flexibility index (Phi) is 2.06. The molecule has 64 valence electrons. The normalized spacial score (nSPS) is 29.1. The highest BCUT2D eigenvalue weighted by Crippen LogP contribution is 2.26. The molecule has 1 aliphatic rings. The van der Waals surface area contributed by atoms with Gasteiger partial charge in [0.05, 0.1) is 6.10 Å². The molecule has 2 unspecified atom stereocenters. The van der Waals surface area contributed by atoms with Crippen molar-refractivity contribution in [1.29, 1.82) is 0 Å². The molecule has 0 bridgehead atoms. The summed E-state index contributed by atoms with van der Waals surface area (Å²) in [5.74, 6) is 0. The second kappa shape index (κ2) is 3.21. The van der Waals surface area contributed by atoms with Gasteiger partial charge in [0.1, 0.15) is 0 Å². The third-order valence-corrected chi connectivity index (χ3v) is 2.15. The fraction of sp³-hybridized carbons (Fsp3) is 0.444. The van der Waals surface area contributed by atoms with E-state index in [4.69, 9.17) is 10.5 Å². The van der Waals surface area contributed by atoms with Gasteiger partial charge in [-0.3, -0.25) is 4.98 Å². The van der Waals surface area contributed by atoms with Crippen molar-refractivity contribution in [3.8, 4) is 0 Å². The van der Waals surface area contributed by atoms with Crippen molar-refractivity contribution in [2.45, 2.75) is 18.6 Å². The van der Waals surface area contributed by atoms with Crippen LogP contribution in [0.4, 0.5) is 0 Å². The van der Waals surface area contributed by atoms with Crippen LogP contribution in [0.1, 0.15) is 18.1 Å². The van der Waals surface area contributed by atoms with E-state index in [0.29, 0.717) is 0 Å². The van der Waals surface area contributed by atoms with Crippen LogP contribution >= 0.6 is 0 Å². The molecule has 2 atom stereocenters. The van der Waals surface area contributed by atoms with Crippen LogP contribution in [-0.2, 0) is 4.74 Å². The minimum Gasteiger partial charge on any atom is -0.372 e. The Balaban J connectivity index is 2.19. The third kappa shape index (κ3) is 1.33. The van der Waals surface area contributed by atoms with Gasteiger partial charge in [0.25, 0.3) is 0 Å². The van der Waals surface area contributed by atoms with Crippen LogP contribution in [-0.4, -0.2) is 17.6 Å². The Bertz CT molecular complexity index is 250. The zero-order valence-electron chi connectivity index (χ0n) is 6.81. The lowest BCUT2D eigenvalue weighted by atomic mass is 10.1. The molecule has 0 saturated carbocycles. The molecule has 0 aromatic carbocycles. The number of hydrogen-bond acceptors (Lipinski definition) is 3. The van der Waals surface area contributed by atoms with E-state index in [0.717, 1.165) is 18.6 Å². The number of pyridine rings is 1. The van der Waals surface area contributed by atoms with E-state index in [1.165, 1.54) is 0 Å². The number of hydrogen-bond donors (Lipinski definition) is 1. The van der Waals surface area contributed by atoms with Gasteiger partial charge in [-0.2, -0.15) is 0 Å². The van der Waals surface area contributed by atoms with Gasteiger partial charge >= 0.3 is 0 Å². The topological polar surface area (TPSA) is 48.1 Å². The minimum absolute atomic E-state index is 0.0544. The SMILES string of the molecule is NC1CCOC1c1cccnc1. The predicted octanol–water partition coefficient (Wildman–Crippen LogP) is 0.870. The zero-order chi connectivity index (χ0) is 8.39. The van der Waals surface area contributed by atoms with E-state index in [9.17, 15) is 0 Å². The second-order valence-corrected chi connectivity index (χ2v) is 3.03. The standard InChI is InChI=1S/C9H12N2O/c10-8-3-5-12-9(8)7-2-1-4-11-6-7/h1-2,4,6,8-9H,3,5,10H2. The molecule has 0 amide bonds. The number of nitrogens with zero attached hydrogens (tertiary/aromatic N) is 1. The Labute approximate surface area is 71.6 Å². The van der Waals surface area contributed by atoms with Crippen LogP contribution in [0.25, 0.3) is 0 Å². The lowest BCUT2D eigenvalue weighted by Gasteiger charge is -2.13. The van der Waals surface area contributed by atoms with Gasteiger partial charge in [-0.1, -0.05) is 6.07 Å². The highest BCUT2D eigenvalue weighted by molar-refractivity contribution is 5.15. The minimum atomic E-state index is 0.0544. The van der Waals surface area contributed by atoms with Crippen LogP contribution in [0.2, 0.25) is 0 Å². The monoisotopic (exact) mass is 164 g/mol. The van der Waals surface area contributed by atoms with Gasteiger partial charge in [-0.15, -0.1) is 0 Å². The van der Waals surface area contributed by atoms with Crippen molar-refractivity contribution in [1.82, 2.24) is 4.98 Å². The Morgan fingerprint density at radius 3 is 3.08 bits per heavy atom. The summed E-state index contributed by atoms with van der Waals surface area (Å²) in [6, 6.07) is 4.04. The molecule has 1 fully saturated rings. The molecular weight excluding hydrogens is 152 g/mol. The summed E-state index contributed by atoms with van der Waals surface area (Å²) in [5.41, 5.74) is 6.94. The van der Waals surface area contributed by atoms with Crippen LogP contribution in [0.3, 0.4) is 0 Å². The van der Waals surface area contributed by atoms with Crippen LogP contribution in [0, 0.1) is 0 Å². The average molecular weight is 164 g/mol. The quantitative estimate of drug-likeness (QED) is 0.670. The zero-order valence-corrected chi connectivity index (χ0v) is 6.81. The van der Waals surface area contributed by atoms with E-state index in [-0.39, 0.29) is 12.1 Å². The first-order valence-electron chi connectivity index (χ1n) is 4.15. The van der Waals surface area contributed by atoms with Gasteiger partial charge in [0.15, 0.2) is 0 Å². The molecular formula is C9H12N2O. The molecule has 0 aliphatic carbocycles. The van der Waals surface area contributed by atoms with Crippen molar-refractivity contribution >= 4 is 0 Å². The molecule has 2 N–H and O–H groups in total. The van der Waals surface area contributed by atoms with Crippen molar-refractivity contribution in [2.24, 2.45) is 5.73 Å². The van der Waals surface area contributed by atoms with E-state index in [2.05, 4.69) is 4.98 Å². The van der Waals surface area contributed by atoms with Gasteiger partial charge in [-0.05, 0) is 12.5 Å². The molecule has 1 aromatic heterocycles. The number of nitrogens with two attached hydrogens (primary N) is 1. The summed E-state index contributed by atoms with van der Waals surface area (Å²) < 4.78 is 5.49. The van der Waals surface area contributed by atoms with Gasteiger partial charge < -0.3 is 10.5 Å². The number of rotatable bonds is 1. The first-order valence-corrected chi connectivity index (χ1v) is 4.15. The molecule has 2 heterocycles. The first kappa shape index (κ1) is 7.71. The van der Waals surface area contributed by atoms with E-state index < -0.39 is 0 Å². The molecule has 2 rings (SSSR count). The smallest absolute Gasteiger partial charge is 0.0991 e. The van der Waals surface area contributed by atoms with E-state index >= 15 is 0 Å². The Morgan fingerprint density at radius 1 is 1.58 bits per heavy atom. The summed E-state index contributed by atoms with van der Waals surface area (Å²) in [7, 11) is 0. The van der Waals surface area contributed by atoms with Gasteiger partial charge in [0, 0.05) is 30.6 Å². The van der Waals surface area contributed by atoms with Crippen LogP contribution < -0.4 is 5.73 Å². The number of ether oxygens (including phenoxy) is 1. The maximum Gasteiger partial charge on any atom is 0.0991 e. The average Bonchev–Trinajstić information content (AvgIpc) is 2.53. The summed E-state index contributed by atoms with van der Waals surface area (Å²) in [6.07, 6.45) is 4.57. The molecule has 3 nitrogen and oxygen atoms in total. The number of aromatic nitrogens is 1. The largest absolute Gasteiger partial charge is 0.372 e. The van der Waals surface area contributed by atoms with E-state index in [1.54, 1.807) is 6.20 Å². The van der Waals surface area contributed by atoms with E-state index in [1.807, 2.05) is 18.3 Å². The highest BCUT2D eigenvalue weighted by atomic mass is 16.5. The molecule has 12 heavy (non-hydrogen) atoms. The van der Waals surface area contributed by atoms with Crippen molar-refractivity contribution in [3.63, 3.8) is 0 Å². The first-order chi connectivity index (χ1) is 5.88. The molecule has 1 aromatic rings. The lowest BCUT2D eigenvalue weighted by molar-refractivity contribution is 0.105. The second-order valence-electron chi connectivity index (χ2n) is 3.03. The molecule has 0 radical (unpaired) electrons. The van der Waals surface area contributed by atoms with Crippen LogP contribution in [0.15, 0.2) is 24.5 Å². The Morgan fingerprint density at radius 2 is 2.50 bits per heavy atom. The summed E-state index contributed by atoms with van der Waals surface area (Å²) in [6.45, 7) is 0.765. The summed E-state index contributed by atoms with van der Waals surface area (Å²) >= 11 is 0. The van der Waals surface area contributed by atoms with Crippen molar-refractivity contribution in [2.75, 3.05) is 6.61 Å². The molecule has 1 aliphatic heterocycles.